The van der Waals surface area contributed by atoms with Gasteiger partial charge in [0, 0.05) is 19.1 Å². The number of hydrogen-bond donors (Lipinski definition) is 2. The zero-order valence-corrected chi connectivity index (χ0v) is 14.7. The predicted molar refractivity (Wildman–Crippen MR) is 99.2 cm³/mol. The van der Waals surface area contributed by atoms with Gasteiger partial charge in [-0.1, -0.05) is 54.1 Å². The summed E-state index contributed by atoms with van der Waals surface area (Å²) in [7, 11) is 0. The first kappa shape index (κ1) is 17.6. The molecule has 4 nitrogen and oxygen atoms in total. The molecule has 4 heteroatoms. The second-order valence-corrected chi connectivity index (χ2v) is 6.71. The molecule has 1 aliphatic rings. The molecule has 132 valence electrons. The lowest BCUT2D eigenvalue weighted by atomic mass is 10.1. The number of benzene rings is 2. The molecule has 0 aromatic heterocycles. The van der Waals surface area contributed by atoms with Gasteiger partial charge in [-0.15, -0.1) is 0 Å². The molecule has 0 aliphatic heterocycles. The van der Waals surface area contributed by atoms with Crippen molar-refractivity contribution < 1.29 is 9.90 Å². The molecule has 0 heterocycles. The molecule has 1 atom stereocenters. The molecule has 0 spiro atoms. The van der Waals surface area contributed by atoms with Gasteiger partial charge < -0.3 is 10.4 Å². The standard InChI is InChI=1S/C21H26N2O2/c1-16-5-4-6-17(13-16)14-22-21(25)15-23(11-12-24)20-10-9-18-7-2-3-8-19(18)20/h2-8,13,20,24H,9-12,14-15H2,1H3,(H,22,25). The molecular weight excluding hydrogens is 312 g/mol. The Kier molecular flexibility index (Phi) is 5.84. The number of carbonyl (C=O) groups excluding carboxylic acids is 1. The molecule has 1 aliphatic carbocycles. The molecule has 2 N–H and O–H groups in total. The summed E-state index contributed by atoms with van der Waals surface area (Å²) >= 11 is 0. The fourth-order valence-electron chi connectivity index (χ4n) is 3.65. The minimum atomic E-state index is -0.000614. The van der Waals surface area contributed by atoms with Crippen LogP contribution in [0.3, 0.4) is 0 Å². The number of carbonyl (C=O) groups is 1. The van der Waals surface area contributed by atoms with Gasteiger partial charge in [0.2, 0.25) is 5.91 Å². The van der Waals surface area contributed by atoms with Crippen LogP contribution in [0.5, 0.6) is 0 Å². The van der Waals surface area contributed by atoms with Gasteiger partial charge in [0.1, 0.15) is 0 Å². The minimum absolute atomic E-state index is 0.000614. The van der Waals surface area contributed by atoms with Crippen LogP contribution in [0.25, 0.3) is 0 Å². The first-order valence-corrected chi connectivity index (χ1v) is 8.92. The van der Waals surface area contributed by atoms with Crippen molar-refractivity contribution in [3.63, 3.8) is 0 Å². The van der Waals surface area contributed by atoms with Gasteiger partial charge in [0.25, 0.3) is 0 Å². The van der Waals surface area contributed by atoms with Crippen LogP contribution in [-0.4, -0.2) is 35.6 Å². The lowest BCUT2D eigenvalue weighted by molar-refractivity contribution is -0.123. The van der Waals surface area contributed by atoms with Gasteiger partial charge in [0.15, 0.2) is 0 Å². The maximum atomic E-state index is 12.4. The van der Waals surface area contributed by atoms with Gasteiger partial charge in [0.05, 0.1) is 13.2 Å². The van der Waals surface area contributed by atoms with E-state index >= 15 is 0 Å². The Labute approximate surface area is 149 Å². The first-order valence-electron chi connectivity index (χ1n) is 8.92. The van der Waals surface area contributed by atoms with Crippen molar-refractivity contribution in [1.29, 1.82) is 0 Å². The van der Waals surface area contributed by atoms with Crippen molar-refractivity contribution in [3.8, 4) is 0 Å². The third-order valence-electron chi connectivity index (χ3n) is 4.85. The molecule has 0 radical (unpaired) electrons. The Bertz CT molecular complexity index is 729. The highest BCUT2D eigenvalue weighted by Crippen LogP contribution is 2.35. The molecule has 2 aromatic rings. The highest BCUT2D eigenvalue weighted by atomic mass is 16.3. The Morgan fingerprint density at radius 2 is 2.08 bits per heavy atom. The fourth-order valence-corrected chi connectivity index (χ4v) is 3.65. The molecule has 25 heavy (non-hydrogen) atoms. The molecule has 0 fully saturated rings. The van der Waals surface area contributed by atoms with E-state index in [0.29, 0.717) is 19.6 Å². The number of fused-ring (bicyclic) bond motifs is 1. The van der Waals surface area contributed by atoms with Gasteiger partial charge in [-0.05, 0) is 36.5 Å². The summed E-state index contributed by atoms with van der Waals surface area (Å²) < 4.78 is 0. The number of aliphatic hydroxyl groups excluding tert-OH is 1. The summed E-state index contributed by atoms with van der Waals surface area (Å²) in [6, 6.07) is 16.8. The monoisotopic (exact) mass is 338 g/mol. The smallest absolute Gasteiger partial charge is 0.234 e. The van der Waals surface area contributed by atoms with E-state index in [-0.39, 0.29) is 18.6 Å². The van der Waals surface area contributed by atoms with Gasteiger partial charge in [-0.3, -0.25) is 9.69 Å². The first-order chi connectivity index (χ1) is 12.2. The Balaban J connectivity index is 1.61. The highest BCUT2D eigenvalue weighted by Gasteiger charge is 2.28. The third kappa shape index (κ3) is 4.47. The van der Waals surface area contributed by atoms with E-state index in [9.17, 15) is 9.90 Å². The Morgan fingerprint density at radius 1 is 1.24 bits per heavy atom. The second kappa shape index (κ2) is 8.28. The normalized spacial score (nSPS) is 16.0. The quantitative estimate of drug-likeness (QED) is 0.816. The fraction of sp³-hybridized carbons (Fsp3) is 0.381. The second-order valence-electron chi connectivity index (χ2n) is 6.71. The van der Waals surface area contributed by atoms with Crippen LogP contribution in [0.4, 0.5) is 0 Å². The summed E-state index contributed by atoms with van der Waals surface area (Å²) in [5.74, 6) is -0.000614. The average Bonchev–Trinajstić information content (AvgIpc) is 3.04. The Morgan fingerprint density at radius 3 is 2.88 bits per heavy atom. The number of nitrogens with one attached hydrogen (secondary N) is 1. The van der Waals surface area contributed by atoms with Crippen LogP contribution in [0.1, 0.15) is 34.7 Å². The number of aliphatic hydroxyl groups is 1. The molecule has 3 rings (SSSR count). The molecule has 0 bridgehead atoms. The SMILES string of the molecule is Cc1cccc(CNC(=O)CN(CCO)C2CCc3ccccc32)c1. The zero-order chi connectivity index (χ0) is 17.6. The van der Waals surface area contributed by atoms with Crippen LogP contribution in [0.15, 0.2) is 48.5 Å². The van der Waals surface area contributed by atoms with Gasteiger partial charge in [-0.25, -0.2) is 0 Å². The van der Waals surface area contributed by atoms with Crippen molar-refractivity contribution in [1.82, 2.24) is 10.2 Å². The van der Waals surface area contributed by atoms with E-state index in [4.69, 9.17) is 0 Å². The van der Waals surface area contributed by atoms with E-state index < -0.39 is 0 Å². The van der Waals surface area contributed by atoms with Crippen molar-refractivity contribution >= 4 is 5.91 Å². The summed E-state index contributed by atoms with van der Waals surface area (Å²) in [5.41, 5.74) is 4.95. The van der Waals surface area contributed by atoms with Crippen molar-refractivity contribution in [2.24, 2.45) is 0 Å². The van der Waals surface area contributed by atoms with E-state index in [1.165, 1.54) is 16.7 Å². The van der Waals surface area contributed by atoms with Crippen LogP contribution >= 0.6 is 0 Å². The number of aryl methyl sites for hydroxylation is 2. The number of rotatable bonds is 7. The minimum Gasteiger partial charge on any atom is -0.395 e. The van der Waals surface area contributed by atoms with Crippen molar-refractivity contribution in [3.05, 3.63) is 70.8 Å². The van der Waals surface area contributed by atoms with Crippen LogP contribution in [-0.2, 0) is 17.8 Å². The van der Waals surface area contributed by atoms with Gasteiger partial charge >= 0.3 is 0 Å². The number of nitrogens with zero attached hydrogens (tertiary/aromatic N) is 1. The summed E-state index contributed by atoms with van der Waals surface area (Å²) in [6.07, 6.45) is 2.04. The topological polar surface area (TPSA) is 52.6 Å². The van der Waals surface area contributed by atoms with Crippen molar-refractivity contribution in [2.75, 3.05) is 19.7 Å². The summed E-state index contributed by atoms with van der Waals surface area (Å²) in [4.78, 5) is 14.5. The maximum absolute atomic E-state index is 12.4. The predicted octanol–water partition coefficient (Wildman–Crippen LogP) is 2.59. The average molecular weight is 338 g/mol. The molecule has 1 unspecified atom stereocenters. The van der Waals surface area contributed by atoms with Crippen molar-refractivity contribution in [2.45, 2.75) is 32.4 Å². The zero-order valence-electron chi connectivity index (χ0n) is 14.7. The Hall–Kier alpha value is -2.17. The molecule has 0 saturated carbocycles. The van der Waals surface area contributed by atoms with E-state index in [2.05, 4.69) is 34.5 Å². The number of hydrogen-bond acceptors (Lipinski definition) is 3. The van der Waals surface area contributed by atoms with Crippen LogP contribution in [0, 0.1) is 6.92 Å². The van der Waals surface area contributed by atoms with Gasteiger partial charge in [-0.2, -0.15) is 0 Å². The van der Waals surface area contributed by atoms with E-state index in [1.54, 1.807) is 0 Å². The van der Waals surface area contributed by atoms with E-state index in [0.717, 1.165) is 18.4 Å². The lowest BCUT2D eigenvalue weighted by Crippen LogP contribution is -2.40. The highest BCUT2D eigenvalue weighted by molar-refractivity contribution is 5.78. The third-order valence-corrected chi connectivity index (χ3v) is 4.85. The summed E-state index contributed by atoms with van der Waals surface area (Å²) in [5, 5.41) is 12.4. The lowest BCUT2D eigenvalue weighted by Gasteiger charge is -2.28. The van der Waals surface area contributed by atoms with E-state index in [1.807, 2.05) is 31.2 Å². The summed E-state index contributed by atoms with van der Waals surface area (Å²) in [6.45, 7) is 3.46. The molecular formula is C21H26N2O2. The van der Waals surface area contributed by atoms with Crippen LogP contribution in [0.2, 0.25) is 0 Å². The number of amides is 1. The molecule has 1 amide bonds. The molecule has 2 aromatic carbocycles. The maximum Gasteiger partial charge on any atom is 0.234 e. The molecule has 0 saturated heterocycles. The van der Waals surface area contributed by atoms with Crippen LogP contribution < -0.4 is 5.32 Å². The largest absolute Gasteiger partial charge is 0.395 e.